The Morgan fingerprint density at radius 2 is 1.74 bits per heavy atom. The van der Waals surface area contributed by atoms with E-state index < -0.39 is 7.26 Å². The Hall–Kier alpha value is -1.39. The molecule has 1 amide bonds. The standard InChI is InChI=1S/C19H27N2OP/c1-14-11-16(13-20)12-15(2)17(14)21-18(22)19(7-8-19)23(3)9-5-4-6-10-23/h11-12,23H,4-10H2,1-3H3,(H,21,22). The van der Waals surface area contributed by atoms with Gasteiger partial charge in [0.1, 0.15) is 0 Å². The van der Waals surface area contributed by atoms with Crippen molar-refractivity contribution in [1.82, 2.24) is 0 Å². The minimum atomic E-state index is -1.49. The first-order valence-electron chi connectivity index (χ1n) is 8.75. The van der Waals surface area contributed by atoms with Gasteiger partial charge in [0.05, 0.1) is 0 Å². The topological polar surface area (TPSA) is 52.9 Å². The molecule has 23 heavy (non-hydrogen) atoms. The van der Waals surface area contributed by atoms with E-state index in [2.05, 4.69) is 18.1 Å². The van der Waals surface area contributed by atoms with Crippen LogP contribution in [-0.4, -0.2) is 30.1 Å². The molecule has 0 atom stereocenters. The SMILES string of the molecule is Cc1cc(C#N)cc(C)c1NC(=O)C1([PH]2(C)CCCCC2)CC1. The fraction of sp³-hybridized carbons (Fsp3) is 0.579. The normalized spacial score (nSPS) is 22.7. The molecule has 0 radical (unpaired) electrons. The zero-order valence-electron chi connectivity index (χ0n) is 14.5. The summed E-state index contributed by atoms with van der Waals surface area (Å²) in [5.41, 5.74) is 3.55. The van der Waals surface area contributed by atoms with Crippen molar-refractivity contribution < 1.29 is 4.79 Å². The second kappa shape index (κ2) is 5.91. The van der Waals surface area contributed by atoms with Gasteiger partial charge >= 0.3 is 139 Å². The molecule has 1 aromatic carbocycles. The van der Waals surface area contributed by atoms with Gasteiger partial charge in [-0.15, -0.1) is 0 Å². The number of aryl methyl sites for hydroxylation is 2. The summed E-state index contributed by atoms with van der Waals surface area (Å²) in [5, 5.41) is 12.3. The van der Waals surface area contributed by atoms with Crippen LogP contribution in [-0.2, 0) is 4.79 Å². The molecule has 0 unspecified atom stereocenters. The number of anilines is 1. The van der Waals surface area contributed by atoms with Crippen molar-refractivity contribution in [2.24, 2.45) is 0 Å². The number of nitrogens with zero attached hydrogens (tertiary/aromatic N) is 1. The van der Waals surface area contributed by atoms with Crippen molar-refractivity contribution >= 4 is 18.9 Å². The average molecular weight is 330 g/mol. The van der Waals surface area contributed by atoms with Gasteiger partial charge in [-0.05, 0) is 0 Å². The van der Waals surface area contributed by atoms with Gasteiger partial charge in [-0.3, -0.25) is 0 Å². The van der Waals surface area contributed by atoms with Crippen LogP contribution >= 0.6 is 7.26 Å². The molecule has 1 saturated carbocycles. The number of hydrogen-bond acceptors (Lipinski definition) is 2. The van der Waals surface area contributed by atoms with E-state index in [0.717, 1.165) is 29.7 Å². The number of rotatable bonds is 3. The second-order valence-electron chi connectivity index (χ2n) is 7.75. The van der Waals surface area contributed by atoms with Gasteiger partial charge in [0.2, 0.25) is 0 Å². The number of nitriles is 1. The van der Waals surface area contributed by atoms with Crippen LogP contribution < -0.4 is 5.32 Å². The summed E-state index contributed by atoms with van der Waals surface area (Å²) >= 11 is 0. The molecular formula is C19H27N2OP. The maximum atomic E-state index is 13.1. The first-order valence-corrected chi connectivity index (χ1v) is 11.7. The molecule has 1 aliphatic carbocycles. The summed E-state index contributed by atoms with van der Waals surface area (Å²) in [6.07, 6.45) is 8.75. The molecule has 0 bridgehead atoms. The molecule has 2 fully saturated rings. The number of carbonyl (C=O) groups excluding carboxylic acids is 1. The van der Waals surface area contributed by atoms with Gasteiger partial charge in [-0.1, -0.05) is 0 Å². The van der Waals surface area contributed by atoms with Crippen LogP contribution in [0.5, 0.6) is 0 Å². The van der Waals surface area contributed by atoms with Crippen LogP contribution in [0.25, 0.3) is 0 Å². The summed E-state index contributed by atoms with van der Waals surface area (Å²) in [6.45, 7) is 6.41. The van der Waals surface area contributed by atoms with E-state index in [-0.39, 0.29) is 11.1 Å². The van der Waals surface area contributed by atoms with Crippen LogP contribution in [0.3, 0.4) is 0 Å². The van der Waals surface area contributed by atoms with Crippen molar-refractivity contribution in [2.45, 2.75) is 51.1 Å². The zero-order valence-corrected chi connectivity index (χ0v) is 15.5. The van der Waals surface area contributed by atoms with Gasteiger partial charge in [0.15, 0.2) is 0 Å². The number of benzene rings is 1. The van der Waals surface area contributed by atoms with E-state index in [4.69, 9.17) is 5.26 Å². The average Bonchev–Trinajstić information content (AvgIpc) is 3.33. The van der Waals surface area contributed by atoms with Gasteiger partial charge in [-0.25, -0.2) is 0 Å². The van der Waals surface area contributed by atoms with Crippen molar-refractivity contribution in [3.8, 4) is 6.07 Å². The Kier molecular flexibility index (Phi) is 4.23. The van der Waals surface area contributed by atoms with Crippen molar-refractivity contribution in [3.63, 3.8) is 0 Å². The molecule has 3 nitrogen and oxygen atoms in total. The summed E-state index contributed by atoms with van der Waals surface area (Å²) in [4.78, 5) is 13.1. The van der Waals surface area contributed by atoms with Gasteiger partial charge in [-0.2, -0.15) is 0 Å². The van der Waals surface area contributed by atoms with E-state index in [1.165, 1.54) is 31.6 Å². The molecule has 4 heteroatoms. The quantitative estimate of drug-likeness (QED) is 0.844. The molecule has 0 spiro atoms. The Labute approximate surface area is 139 Å². The van der Waals surface area contributed by atoms with Crippen LogP contribution in [0.2, 0.25) is 0 Å². The first kappa shape index (κ1) is 16.5. The molecule has 124 valence electrons. The second-order valence-corrected chi connectivity index (χ2v) is 12.8. The Morgan fingerprint density at radius 3 is 2.22 bits per heavy atom. The van der Waals surface area contributed by atoms with Crippen LogP contribution in [0.15, 0.2) is 12.1 Å². The third-order valence-electron chi connectivity index (χ3n) is 6.20. The van der Waals surface area contributed by atoms with Gasteiger partial charge < -0.3 is 0 Å². The molecule has 1 aliphatic heterocycles. The van der Waals surface area contributed by atoms with E-state index in [1.807, 2.05) is 26.0 Å². The third-order valence-corrected chi connectivity index (χ3v) is 12.1. The molecule has 1 saturated heterocycles. The van der Waals surface area contributed by atoms with Crippen molar-refractivity contribution in [1.29, 1.82) is 5.26 Å². The molecule has 1 heterocycles. The monoisotopic (exact) mass is 330 g/mol. The van der Waals surface area contributed by atoms with Gasteiger partial charge in [0.25, 0.3) is 0 Å². The van der Waals surface area contributed by atoms with E-state index >= 15 is 0 Å². The summed E-state index contributed by atoms with van der Waals surface area (Å²) in [6, 6.07) is 5.91. The third kappa shape index (κ3) is 2.79. The molecule has 2 aliphatic rings. The fourth-order valence-electron chi connectivity index (χ4n) is 4.50. The Bertz CT molecular complexity index is 656. The van der Waals surface area contributed by atoms with Crippen molar-refractivity contribution in [3.05, 3.63) is 28.8 Å². The van der Waals surface area contributed by atoms with Gasteiger partial charge in [0, 0.05) is 0 Å². The predicted octanol–water partition coefficient (Wildman–Crippen LogP) is 4.21. The van der Waals surface area contributed by atoms with E-state index in [1.54, 1.807) is 0 Å². The summed E-state index contributed by atoms with van der Waals surface area (Å²) < 4.78 is 0. The van der Waals surface area contributed by atoms with E-state index in [0.29, 0.717) is 5.56 Å². The Balaban J connectivity index is 1.84. The zero-order chi connectivity index (χ0) is 16.7. The number of hydrogen-bond donors (Lipinski definition) is 1. The number of nitrogens with one attached hydrogen (secondary N) is 1. The van der Waals surface area contributed by atoms with E-state index in [9.17, 15) is 4.79 Å². The first-order chi connectivity index (χ1) is 10.9. The number of carbonyl (C=O) groups is 1. The van der Waals surface area contributed by atoms with Crippen LogP contribution in [0.1, 0.15) is 48.8 Å². The molecule has 3 rings (SSSR count). The minimum absolute atomic E-state index is 0.0276. The van der Waals surface area contributed by atoms with Crippen LogP contribution in [0.4, 0.5) is 5.69 Å². The number of amides is 1. The van der Waals surface area contributed by atoms with Crippen LogP contribution in [0, 0.1) is 25.2 Å². The maximum absolute atomic E-state index is 13.1. The molecule has 1 aromatic rings. The Morgan fingerprint density at radius 1 is 1.17 bits per heavy atom. The fourth-order valence-corrected chi connectivity index (χ4v) is 9.71. The molecule has 1 N–H and O–H groups in total. The molecule has 0 aromatic heterocycles. The molecular weight excluding hydrogens is 303 g/mol. The summed E-state index contributed by atoms with van der Waals surface area (Å²) in [5.74, 6) is 0.254. The summed E-state index contributed by atoms with van der Waals surface area (Å²) in [7, 11) is -1.49. The predicted molar refractivity (Wildman–Crippen MR) is 99.0 cm³/mol. The van der Waals surface area contributed by atoms with Crippen molar-refractivity contribution in [2.75, 3.05) is 24.3 Å².